The highest BCUT2D eigenvalue weighted by molar-refractivity contribution is 8.45. The van der Waals surface area contributed by atoms with Crippen LogP contribution in [-0.2, 0) is 0 Å². The van der Waals surface area contributed by atoms with Gasteiger partial charge in [0.25, 0.3) is 5.91 Å². The number of anilines is 1. The SMILES string of the molecule is Cc1ncn2c1c(N)nc1cc(F)c(C(=O)N3CCCCC3c3ccc(S(F)(F)(F)(F)F)cc3)cc12. The number of benzene rings is 2. The molecule has 3 heterocycles. The number of nitrogens with two attached hydrogens (primary N) is 1. The Labute approximate surface area is 201 Å². The van der Waals surface area contributed by atoms with E-state index in [1.807, 2.05) is 0 Å². The van der Waals surface area contributed by atoms with E-state index in [4.69, 9.17) is 5.73 Å². The molecule has 0 spiro atoms. The van der Waals surface area contributed by atoms with Crippen molar-refractivity contribution in [2.75, 3.05) is 12.3 Å². The molecule has 1 aliphatic rings. The van der Waals surface area contributed by atoms with Gasteiger partial charge in [-0.2, -0.15) is 0 Å². The molecule has 1 atom stereocenters. The number of imidazole rings is 1. The standard InChI is InChI=1S/C23H21F6N5OS/c1-13-21-22(30)32-18-11-17(24)16(10-20(18)34(21)12-31-13)23(35)33-9-3-2-4-19(33)14-5-7-15(8-6-14)36(25,26,27,28)29/h5-8,10-12,19H,2-4,9H2,1H3,(H2,30,32). The molecule has 1 amide bonds. The Morgan fingerprint density at radius 1 is 1.08 bits per heavy atom. The van der Waals surface area contributed by atoms with Crippen LogP contribution in [0.1, 0.15) is 46.9 Å². The van der Waals surface area contributed by atoms with Crippen LogP contribution in [-0.4, -0.2) is 31.7 Å². The molecule has 2 N–H and O–H groups in total. The van der Waals surface area contributed by atoms with Crippen LogP contribution in [0.3, 0.4) is 0 Å². The van der Waals surface area contributed by atoms with Gasteiger partial charge >= 0.3 is 10.2 Å². The first-order valence-electron chi connectivity index (χ1n) is 11.0. The van der Waals surface area contributed by atoms with Crippen LogP contribution in [0.5, 0.6) is 0 Å². The number of likely N-dealkylation sites (tertiary alicyclic amines) is 1. The molecule has 2 aromatic carbocycles. The summed E-state index contributed by atoms with van der Waals surface area (Å²) in [6, 6.07) is 4.30. The normalized spacial score (nSPS) is 18.9. The Morgan fingerprint density at radius 3 is 2.44 bits per heavy atom. The lowest BCUT2D eigenvalue weighted by Gasteiger charge is -2.41. The van der Waals surface area contributed by atoms with Crippen LogP contribution >= 0.6 is 10.2 Å². The summed E-state index contributed by atoms with van der Waals surface area (Å²) in [5.74, 6) is -1.35. The Hall–Kier alpha value is -3.48. The van der Waals surface area contributed by atoms with Crippen LogP contribution in [0.2, 0.25) is 0 Å². The first kappa shape index (κ1) is 24.2. The van der Waals surface area contributed by atoms with Crippen molar-refractivity contribution in [1.82, 2.24) is 19.3 Å². The molecular weight excluding hydrogens is 508 g/mol. The molecule has 2 aromatic heterocycles. The number of piperidine rings is 1. The van der Waals surface area contributed by atoms with E-state index in [0.717, 1.165) is 18.2 Å². The van der Waals surface area contributed by atoms with Crippen LogP contribution in [0.25, 0.3) is 16.6 Å². The van der Waals surface area contributed by atoms with Gasteiger partial charge < -0.3 is 10.6 Å². The minimum absolute atomic E-state index is 0.155. The van der Waals surface area contributed by atoms with Gasteiger partial charge in [-0.05, 0) is 49.9 Å². The van der Waals surface area contributed by atoms with E-state index in [9.17, 15) is 24.2 Å². The van der Waals surface area contributed by atoms with Gasteiger partial charge in [0, 0.05) is 12.6 Å². The maximum absolute atomic E-state index is 15.1. The zero-order valence-corrected chi connectivity index (χ0v) is 19.7. The van der Waals surface area contributed by atoms with Crippen molar-refractivity contribution < 1.29 is 28.6 Å². The average molecular weight is 530 g/mol. The third-order valence-electron chi connectivity index (χ3n) is 6.46. The molecule has 1 unspecified atom stereocenters. The van der Waals surface area contributed by atoms with E-state index in [-0.39, 0.29) is 29.0 Å². The summed E-state index contributed by atoms with van der Waals surface area (Å²) in [5.41, 5.74) is 7.73. The van der Waals surface area contributed by atoms with Crippen molar-refractivity contribution in [3.63, 3.8) is 0 Å². The zero-order valence-electron chi connectivity index (χ0n) is 18.9. The highest BCUT2D eigenvalue weighted by Crippen LogP contribution is 3.02. The topological polar surface area (TPSA) is 76.5 Å². The molecule has 5 rings (SSSR count). The summed E-state index contributed by atoms with van der Waals surface area (Å²) in [5, 5.41) is 0. The predicted octanol–water partition coefficient (Wildman–Crippen LogP) is 6.94. The first-order chi connectivity index (χ1) is 16.6. The van der Waals surface area contributed by atoms with Gasteiger partial charge in [0.1, 0.15) is 28.4 Å². The van der Waals surface area contributed by atoms with Crippen LogP contribution in [0.4, 0.5) is 29.6 Å². The van der Waals surface area contributed by atoms with Gasteiger partial charge in [-0.3, -0.25) is 9.20 Å². The first-order valence-corrected chi connectivity index (χ1v) is 13.0. The molecule has 1 aliphatic heterocycles. The fourth-order valence-corrected chi connectivity index (χ4v) is 5.38. The van der Waals surface area contributed by atoms with E-state index >= 15 is 4.39 Å². The molecule has 6 nitrogen and oxygen atoms in total. The molecular formula is C23H21F6N5OS. The van der Waals surface area contributed by atoms with E-state index in [1.165, 1.54) is 17.3 Å². The monoisotopic (exact) mass is 529 g/mol. The number of hydrogen-bond donors (Lipinski definition) is 1. The fourth-order valence-electron chi connectivity index (χ4n) is 4.73. The number of rotatable bonds is 3. The molecule has 0 saturated carbocycles. The minimum Gasteiger partial charge on any atom is -0.382 e. The third kappa shape index (κ3) is 4.10. The highest BCUT2D eigenvalue weighted by Gasteiger charge is 2.65. The number of amides is 1. The Bertz CT molecular complexity index is 1540. The molecule has 0 aliphatic carbocycles. The number of nitrogens with zero attached hydrogens (tertiary/aromatic N) is 4. The number of fused-ring (bicyclic) bond motifs is 3. The van der Waals surface area contributed by atoms with Gasteiger partial charge in [-0.25, -0.2) is 14.4 Å². The summed E-state index contributed by atoms with van der Waals surface area (Å²) in [7, 11) is -9.82. The smallest absolute Gasteiger partial charge is 0.310 e. The lowest BCUT2D eigenvalue weighted by molar-refractivity contribution is 0.0606. The largest absolute Gasteiger partial charge is 0.382 e. The number of aryl methyl sites for hydroxylation is 1. The van der Waals surface area contributed by atoms with Crippen molar-refractivity contribution in [1.29, 1.82) is 0 Å². The second-order valence-electron chi connectivity index (χ2n) is 8.91. The molecule has 1 fully saturated rings. The highest BCUT2D eigenvalue weighted by atomic mass is 32.5. The van der Waals surface area contributed by atoms with Crippen LogP contribution in [0, 0.1) is 12.7 Å². The second kappa shape index (κ2) is 7.28. The van der Waals surface area contributed by atoms with E-state index in [0.29, 0.717) is 48.1 Å². The number of nitrogen functional groups attached to an aromatic ring is 1. The van der Waals surface area contributed by atoms with E-state index < -0.39 is 32.9 Å². The van der Waals surface area contributed by atoms with E-state index in [1.54, 1.807) is 11.3 Å². The maximum Gasteiger partial charge on any atom is 0.310 e. The van der Waals surface area contributed by atoms with Crippen molar-refractivity contribution in [2.24, 2.45) is 0 Å². The number of carbonyl (C=O) groups is 1. The van der Waals surface area contributed by atoms with Crippen molar-refractivity contribution in [3.8, 4) is 0 Å². The summed E-state index contributed by atoms with van der Waals surface area (Å²) in [6.07, 6.45) is 3.14. The van der Waals surface area contributed by atoms with Crippen molar-refractivity contribution in [3.05, 3.63) is 65.4 Å². The van der Waals surface area contributed by atoms with Crippen LogP contribution < -0.4 is 5.73 Å². The third-order valence-corrected chi connectivity index (χ3v) is 7.63. The molecule has 4 aromatic rings. The molecule has 0 bridgehead atoms. The summed E-state index contributed by atoms with van der Waals surface area (Å²) < 4.78 is 82.4. The minimum atomic E-state index is -9.82. The van der Waals surface area contributed by atoms with Gasteiger partial charge in [-0.15, -0.1) is 0 Å². The van der Waals surface area contributed by atoms with Crippen LogP contribution in [0.15, 0.2) is 47.6 Å². The van der Waals surface area contributed by atoms with Gasteiger partial charge in [0.15, 0.2) is 0 Å². The van der Waals surface area contributed by atoms with Gasteiger partial charge in [0.05, 0.1) is 28.3 Å². The maximum atomic E-state index is 15.1. The summed E-state index contributed by atoms with van der Waals surface area (Å²) >= 11 is 0. The number of aromatic nitrogens is 3. The van der Waals surface area contributed by atoms with E-state index in [2.05, 4.69) is 9.97 Å². The summed E-state index contributed by atoms with van der Waals surface area (Å²) in [4.78, 5) is 21.3. The van der Waals surface area contributed by atoms with Crippen molar-refractivity contribution in [2.45, 2.75) is 37.1 Å². The average Bonchev–Trinajstić information content (AvgIpc) is 3.19. The van der Waals surface area contributed by atoms with Crippen molar-refractivity contribution >= 4 is 38.5 Å². The molecule has 0 radical (unpaired) electrons. The lowest BCUT2D eigenvalue weighted by Crippen LogP contribution is -2.39. The molecule has 1 saturated heterocycles. The van der Waals surface area contributed by atoms with Gasteiger partial charge in [0.2, 0.25) is 0 Å². The Balaban J connectivity index is 1.55. The second-order valence-corrected chi connectivity index (χ2v) is 11.3. The lowest BCUT2D eigenvalue weighted by atomic mass is 9.94. The number of hydrogen-bond acceptors (Lipinski definition) is 4. The predicted molar refractivity (Wildman–Crippen MR) is 125 cm³/mol. The molecule has 192 valence electrons. The van der Waals surface area contributed by atoms with Gasteiger partial charge in [-0.1, -0.05) is 31.6 Å². The quantitative estimate of drug-likeness (QED) is 0.292. The number of carbonyl (C=O) groups excluding carboxylic acids is 1. The molecule has 36 heavy (non-hydrogen) atoms. The molecule has 13 heteroatoms. The summed E-state index contributed by atoms with van der Waals surface area (Å²) in [6.45, 7) is 1.96. The zero-order chi connectivity index (χ0) is 26.1. The Kier molecular flexibility index (Phi) is 4.90. The fraction of sp³-hybridized carbons (Fsp3) is 0.261. The number of halogens is 6. The Morgan fingerprint density at radius 2 is 1.78 bits per heavy atom.